The lowest BCUT2D eigenvalue weighted by atomic mass is 9.77. The van der Waals surface area contributed by atoms with E-state index in [1.54, 1.807) is 0 Å². The van der Waals surface area contributed by atoms with Gasteiger partial charge in [0.25, 0.3) is 0 Å². The van der Waals surface area contributed by atoms with Crippen LogP contribution in [0.3, 0.4) is 0 Å². The molecule has 0 aromatic rings. The van der Waals surface area contributed by atoms with Crippen molar-refractivity contribution >= 4 is 5.97 Å². The first-order valence-electron chi connectivity index (χ1n) is 10.3. The Hall–Kier alpha value is -0.950. The van der Waals surface area contributed by atoms with E-state index in [-0.39, 0.29) is 6.42 Å². The molecule has 1 aliphatic rings. The molecule has 0 amide bonds. The van der Waals surface area contributed by atoms with Crippen LogP contribution in [0.4, 0.5) is 0 Å². The summed E-state index contributed by atoms with van der Waals surface area (Å²) in [5.74, 6) is -0.723. The zero-order valence-corrected chi connectivity index (χ0v) is 17.2. The van der Waals surface area contributed by atoms with Crippen LogP contribution in [0.2, 0.25) is 0 Å². The number of unbranched alkanes of at least 4 members (excludes halogenated alkanes) is 9. The molecular weight excluding hydrogens is 348 g/mol. The molecule has 1 saturated heterocycles. The summed E-state index contributed by atoms with van der Waals surface area (Å²) in [7, 11) is 2.59. The second kappa shape index (κ2) is 11.8. The molecule has 0 aromatic heterocycles. The monoisotopic (exact) mass is 386 g/mol. The molecule has 1 rings (SSSR count). The van der Waals surface area contributed by atoms with Crippen LogP contribution in [0.5, 0.6) is 0 Å². The topological polar surface area (TPSA) is 85.2 Å². The summed E-state index contributed by atoms with van der Waals surface area (Å²) in [5, 5.41) is 21.3. The van der Waals surface area contributed by atoms with E-state index in [0.29, 0.717) is 6.42 Å². The molecule has 0 unspecified atom stereocenters. The molecule has 2 N–H and O–H groups in total. The predicted molar refractivity (Wildman–Crippen MR) is 104 cm³/mol. The maximum absolute atomic E-state index is 12.5. The van der Waals surface area contributed by atoms with E-state index in [2.05, 4.69) is 13.5 Å². The lowest BCUT2D eigenvalue weighted by Gasteiger charge is -2.37. The van der Waals surface area contributed by atoms with Crippen molar-refractivity contribution in [2.45, 2.75) is 101 Å². The van der Waals surface area contributed by atoms with Crippen LogP contribution >= 0.6 is 0 Å². The van der Waals surface area contributed by atoms with Gasteiger partial charge in [0.05, 0.1) is 7.11 Å². The predicted octanol–water partition coefficient (Wildman–Crippen LogP) is 3.49. The molecule has 6 nitrogen and oxygen atoms in total. The number of hydrogen-bond acceptors (Lipinski definition) is 6. The van der Waals surface area contributed by atoms with Gasteiger partial charge in [0, 0.05) is 7.11 Å². The van der Waals surface area contributed by atoms with E-state index < -0.39 is 29.6 Å². The summed E-state index contributed by atoms with van der Waals surface area (Å²) in [6.07, 6.45) is 10.4. The normalized spacial score (nSPS) is 30.4. The van der Waals surface area contributed by atoms with Crippen molar-refractivity contribution in [2.75, 3.05) is 14.2 Å². The lowest BCUT2D eigenvalue weighted by molar-refractivity contribution is -0.206. The van der Waals surface area contributed by atoms with Gasteiger partial charge in [-0.2, -0.15) is 0 Å². The van der Waals surface area contributed by atoms with Gasteiger partial charge in [-0.3, -0.25) is 0 Å². The SMILES string of the molecule is C=C[C@@]1(O)[C@H](O)[C@@H](OC)O[C@@]1(CCCCCCCCCCCC)C(=O)OC. The fraction of sp³-hybridized carbons (Fsp3) is 0.857. The van der Waals surface area contributed by atoms with Crippen LogP contribution in [0.25, 0.3) is 0 Å². The van der Waals surface area contributed by atoms with Gasteiger partial charge in [0.2, 0.25) is 5.60 Å². The Morgan fingerprint density at radius 2 is 1.59 bits per heavy atom. The first-order chi connectivity index (χ1) is 12.9. The molecule has 27 heavy (non-hydrogen) atoms. The van der Waals surface area contributed by atoms with E-state index in [9.17, 15) is 15.0 Å². The van der Waals surface area contributed by atoms with Crippen LogP contribution < -0.4 is 0 Å². The molecule has 0 spiro atoms. The Morgan fingerprint density at radius 1 is 1.07 bits per heavy atom. The molecule has 0 radical (unpaired) electrons. The third-order valence-electron chi connectivity index (χ3n) is 5.61. The molecule has 158 valence electrons. The fourth-order valence-corrected chi connectivity index (χ4v) is 3.87. The highest BCUT2D eigenvalue weighted by Crippen LogP contribution is 2.45. The largest absolute Gasteiger partial charge is 0.467 e. The summed E-state index contributed by atoms with van der Waals surface area (Å²) in [6.45, 7) is 5.81. The van der Waals surface area contributed by atoms with Crippen molar-refractivity contribution < 1.29 is 29.2 Å². The molecule has 0 saturated carbocycles. The highest BCUT2D eigenvalue weighted by atomic mass is 16.7. The molecule has 0 aliphatic carbocycles. The van der Waals surface area contributed by atoms with E-state index in [0.717, 1.165) is 25.3 Å². The Bertz CT molecular complexity index is 454. The zero-order chi connectivity index (χ0) is 20.3. The van der Waals surface area contributed by atoms with Crippen molar-refractivity contribution in [3.8, 4) is 0 Å². The van der Waals surface area contributed by atoms with Crippen molar-refractivity contribution in [3.05, 3.63) is 12.7 Å². The van der Waals surface area contributed by atoms with Gasteiger partial charge in [-0.25, -0.2) is 4.79 Å². The maximum atomic E-state index is 12.5. The summed E-state index contributed by atoms with van der Waals surface area (Å²) in [5.41, 5.74) is -3.66. The highest BCUT2D eigenvalue weighted by molar-refractivity contribution is 5.82. The number of rotatable bonds is 14. The summed E-state index contributed by atoms with van der Waals surface area (Å²) in [4.78, 5) is 12.5. The van der Waals surface area contributed by atoms with Crippen LogP contribution in [-0.4, -0.2) is 54.0 Å². The van der Waals surface area contributed by atoms with Crippen LogP contribution in [0.15, 0.2) is 12.7 Å². The smallest absolute Gasteiger partial charge is 0.341 e. The minimum atomic E-state index is -1.96. The summed E-state index contributed by atoms with van der Waals surface area (Å²) < 4.78 is 15.6. The highest BCUT2D eigenvalue weighted by Gasteiger charge is 2.68. The van der Waals surface area contributed by atoms with Gasteiger partial charge in [-0.15, -0.1) is 6.58 Å². The third-order valence-corrected chi connectivity index (χ3v) is 5.61. The summed E-state index contributed by atoms with van der Waals surface area (Å²) >= 11 is 0. The lowest BCUT2D eigenvalue weighted by Crippen LogP contribution is -2.60. The van der Waals surface area contributed by atoms with Gasteiger partial charge in [0.1, 0.15) is 6.10 Å². The molecule has 1 aliphatic heterocycles. The summed E-state index contributed by atoms with van der Waals surface area (Å²) in [6, 6.07) is 0. The number of hydrogen-bond donors (Lipinski definition) is 2. The molecular formula is C21H38O6. The molecule has 0 aromatic carbocycles. The average molecular weight is 387 g/mol. The second-order valence-corrected chi connectivity index (χ2v) is 7.45. The van der Waals surface area contributed by atoms with Crippen LogP contribution in [0.1, 0.15) is 77.6 Å². The van der Waals surface area contributed by atoms with E-state index in [1.807, 2.05) is 0 Å². The first kappa shape index (κ1) is 24.1. The third kappa shape index (κ3) is 5.53. The molecule has 1 heterocycles. The number of esters is 1. The Kier molecular flexibility index (Phi) is 10.5. The van der Waals surface area contributed by atoms with E-state index >= 15 is 0 Å². The molecule has 0 bridgehead atoms. The number of aliphatic hydroxyl groups is 2. The van der Waals surface area contributed by atoms with Gasteiger partial charge in [-0.05, 0) is 12.8 Å². The maximum Gasteiger partial charge on any atom is 0.341 e. The van der Waals surface area contributed by atoms with Crippen molar-refractivity contribution in [1.29, 1.82) is 0 Å². The fourth-order valence-electron chi connectivity index (χ4n) is 3.87. The number of carbonyl (C=O) groups excluding carboxylic acids is 1. The van der Waals surface area contributed by atoms with Crippen molar-refractivity contribution in [2.24, 2.45) is 0 Å². The minimum Gasteiger partial charge on any atom is -0.467 e. The van der Waals surface area contributed by atoms with Crippen molar-refractivity contribution in [3.63, 3.8) is 0 Å². The molecule has 4 atom stereocenters. The minimum absolute atomic E-state index is 0.232. The Morgan fingerprint density at radius 3 is 2.04 bits per heavy atom. The van der Waals surface area contributed by atoms with E-state index in [1.165, 1.54) is 52.7 Å². The van der Waals surface area contributed by atoms with Gasteiger partial charge >= 0.3 is 5.97 Å². The zero-order valence-electron chi connectivity index (χ0n) is 17.2. The second-order valence-electron chi connectivity index (χ2n) is 7.45. The quantitative estimate of drug-likeness (QED) is 0.270. The number of aliphatic hydroxyl groups excluding tert-OH is 1. The average Bonchev–Trinajstić information content (AvgIpc) is 2.91. The van der Waals surface area contributed by atoms with E-state index in [4.69, 9.17) is 14.2 Å². The first-order valence-corrected chi connectivity index (χ1v) is 10.3. The number of methoxy groups -OCH3 is 2. The molecule has 1 fully saturated rings. The van der Waals surface area contributed by atoms with Gasteiger partial charge in [-0.1, -0.05) is 70.8 Å². The number of carbonyl (C=O) groups is 1. The van der Waals surface area contributed by atoms with Crippen LogP contribution in [0, 0.1) is 0 Å². The Balaban J connectivity index is 2.54. The van der Waals surface area contributed by atoms with Crippen LogP contribution in [-0.2, 0) is 19.0 Å². The van der Waals surface area contributed by atoms with Gasteiger partial charge < -0.3 is 24.4 Å². The van der Waals surface area contributed by atoms with Gasteiger partial charge in [0.15, 0.2) is 11.9 Å². The Labute approximate surface area is 163 Å². The standard InChI is InChI=1S/C21H38O6/c1-5-7-8-9-10-11-12-13-14-15-16-21(19(23)26-4)20(24,6-2)17(22)18(25-3)27-21/h6,17-18,22,24H,2,5,7-16H2,1,3-4H3/t17-,18+,20-,21+/m1/s1. The molecule has 6 heteroatoms. The number of ether oxygens (including phenoxy) is 3. The van der Waals surface area contributed by atoms with Crippen molar-refractivity contribution in [1.82, 2.24) is 0 Å².